The molecule has 0 bridgehead atoms. The molecule has 0 aliphatic carbocycles. The summed E-state index contributed by atoms with van der Waals surface area (Å²) >= 11 is 0. The zero-order valence-corrected chi connectivity index (χ0v) is 70.2. The first kappa shape index (κ1) is 77.6. The Morgan fingerprint density at radius 1 is 0.116 bits per heavy atom. The lowest BCUT2D eigenvalue weighted by molar-refractivity contribution is 1.07. The summed E-state index contributed by atoms with van der Waals surface area (Å²) in [6.45, 7) is 0. The number of benzene rings is 18. The van der Waals surface area contributed by atoms with Gasteiger partial charge in [0.1, 0.15) is 0 Å². The van der Waals surface area contributed by atoms with Crippen LogP contribution in [0.5, 0.6) is 0 Å². The molecule has 24 aromatic rings. The molecule has 0 amide bonds. The van der Waals surface area contributed by atoms with Gasteiger partial charge in [0, 0.05) is 99.5 Å². The lowest BCUT2D eigenvalue weighted by Crippen LogP contribution is -2.00. The average molecular weight is 1650 g/mol. The minimum absolute atomic E-state index is 0.649. The van der Waals surface area contributed by atoms with Crippen LogP contribution in [-0.4, -0.2) is 48.6 Å². The van der Waals surface area contributed by atoms with E-state index in [0.29, 0.717) is 23.3 Å². The van der Waals surface area contributed by atoms with E-state index in [4.69, 9.17) is 34.9 Å². The van der Waals surface area contributed by atoms with Gasteiger partial charge in [0.25, 0.3) is 0 Å². The first-order valence-electron chi connectivity index (χ1n) is 43.4. The van der Waals surface area contributed by atoms with Crippen molar-refractivity contribution in [2.24, 2.45) is 0 Å². The van der Waals surface area contributed by atoms with Crippen LogP contribution in [0.4, 0.5) is 0 Å². The van der Waals surface area contributed by atoms with Gasteiger partial charge < -0.3 is 13.7 Å². The van der Waals surface area contributed by atoms with Gasteiger partial charge in [-0.3, -0.25) is 0 Å². The Labute approximate surface area is 746 Å². The molecule has 6 heterocycles. The molecule has 0 spiro atoms. The maximum atomic E-state index is 5.03. The summed E-state index contributed by atoms with van der Waals surface area (Å²) in [4.78, 5) is 34.7. The summed E-state index contributed by atoms with van der Waals surface area (Å²) in [5.74, 6) is 3.40. The van der Waals surface area contributed by atoms with E-state index >= 15 is 0 Å². The topological polar surface area (TPSA) is 105 Å². The molecule has 0 fully saturated rings. The quantitative estimate of drug-likeness (QED) is 0.101. The van der Waals surface area contributed by atoms with Crippen LogP contribution in [0, 0.1) is 0 Å². The van der Waals surface area contributed by atoms with E-state index in [0.717, 1.165) is 129 Å². The number of hydrogen-bond acceptors (Lipinski definition) is 7. The Bertz CT molecular complexity index is 7080. The molecule has 0 N–H and O–H groups in total. The fraction of sp³-hybridized carbons (Fsp3) is 0. The minimum Gasteiger partial charge on any atom is -0.309 e. The highest BCUT2D eigenvalue weighted by Gasteiger charge is 2.21. The van der Waals surface area contributed by atoms with Crippen molar-refractivity contribution >= 4 is 65.4 Å². The van der Waals surface area contributed by atoms with Gasteiger partial charge in [-0.05, 0) is 137 Å². The van der Waals surface area contributed by atoms with Gasteiger partial charge in [0.15, 0.2) is 29.1 Å². The molecule has 0 atom stereocenters. The van der Waals surface area contributed by atoms with Gasteiger partial charge in [-0.25, -0.2) is 34.9 Å². The highest BCUT2D eigenvalue weighted by atomic mass is 15.0. The van der Waals surface area contributed by atoms with Gasteiger partial charge in [-0.2, -0.15) is 0 Å². The predicted octanol–water partition coefficient (Wildman–Crippen LogP) is 30.1. The van der Waals surface area contributed by atoms with Crippen LogP contribution in [0.1, 0.15) is 0 Å². The molecule has 606 valence electrons. The van der Waals surface area contributed by atoms with Crippen molar-refractivity contribution < 1.29 is 0 Å². The van der Waals surface area contributed by atoms with Crippen molar-refractivity contribution in [1.82, 2.24) is 48.6 Å². The summed E-state index contributed by atoms with van der Waals surface area (Å²) in [5.41, 5.74) is 30.2. The van der Waals surface area contributed by atoms with Crippen LogP contribution < -0.4 is 0 Å². The third-order valence-electron chi connectivity index (χ3n) is 23.9. The molecule has 129 heavy (non-hydrogen) atoms. The zero-order chi connectivity index (χ0) is 85.8. The Hall–Kier alpha value is -17.5. The third-order valence-corrected chi connectivity index (χ3v) is 23.9. The Kier molecular flexibility index (Phi) is 20.9. The Morgan fingerprint density at radius 3 is 0.574 bits per heavy atom. The van der Waals surface area contributed by atoms with Crippen molar-refractivity contribution in [1.29, 1.82) is 0 Å². The zero-order valence-electron chi connectivity index (χ0n) is 70.2. The van der Waals surface area contributed by atoms with E-state index in [-0.39, 0.29) is 0 Å². The van der Waals surface area contributed by atoms with Crippen LogP contribution in [0.3, 0.4) is 0 Å². The van der Waals surface area contributed by atoms with Crippen molar-refractivity contribution in [2.45, 2.75) is 0 Å². The molecule has 0 saturated heterocycles. The molecule has 6 aromatic heterocycles. The molecule has 0 aliphatic rings. The highest BCUT2D eigenvalue weighted by molar-refractivity contribution is 6.11. The average Bonchev–Trinajstić information content (AvgIpc) is 1.61. The SMILES string of the molecule is c1ccc(-c2cc(-c3cccc(-c4ccc(-n5c6ccccc6c6ccccc65)cc4)c3)nc(-c3ccccc3)n2)cc1.c1ccc(-c2cc(-c3ccccc3)nc(-c3cccc(-c4ccc(-n5c6ccccc6c6ccccc65)cc4)c3)n2)cc1.c1ccc(-c2nc(-c3ccccc3)nc(-c3cccc(-c4ccc(-n5c6ccccc6c6ccccc65)cc4)c3)n2)cc1. The monoisotopic (exact) mass is 1650 g/mol. The largest absolute Gasteiger partial charge is 0.309 e. The Morgan fingerprint density at radius 2 is 0.302 bits per heavy atom. The molecular weight excluding hydrogens is 1570 g/mol. The fourth-order valence-corrected chi connectivity index (χ4v) is 17.6. The van der Waals surface area contributed by atoms with Crippen LogP contribution in [0.25, 0.3) is 218 Å². The Balaban J connectivity index is 0.000000114. The number of fused-ring (bicyclic) bond motifs is 9. The van der Waals surface area contributed by atoms with Gasteiger partial charge in [-0.15, -0.1) is 0 Å². The van der Waals surface area contributed by atoms with E-state index in [1.807, 2.05) is 133 Å². The smallest absolute Gasteiger partial charge is 0.164 e. The second-order valence-electron chi connectivity index (χ2n) is 31.9. The second-order valence-corrected chi connectivity index (χ2v) is 31.9. The van der Waals surface area contributed by atoms with Crippen molar-refractivity contribution in [2.75, 3.05) is 0 Å². The lowest BCUT2D eigenvalue weighted by atomic mass is 10.0. The maximum absolute atomic E-state index is 5.03. The van der Waals surface area contributed by atoms with E-state index in [9.17, 15) is 0 Å². The van der Waals surface area contributed by atoms with Crippen LogP contribution >= 0.6 is 0 Å². The van der Waals surface area contributed by atoms with E-state index in [1.54, 1.807) is 0 Å². The van der Waals surface area contributed by atoms with E-state index in [1.165, 1.54) is 65.4 Å². The van der Waals surface area contributed by atoms with Crippen molar-refractivity contribution in [3.8, 4) is 152 Å². The van der Waals surface area contributed by atoms with Gasteiger partial charge in [-0.1, -0.05) is 382 Å². The van der Waals surface area contributed by atoms with E-state index < -0.39 is 0 Å². The predicted molar refractivity (Wildman–Crippen MR) is 532 cm³/mol. The van der Waals surface area contributed by atoms with Gasteiger partial charge >= 0.3 is 0 Å². The van der Waals surface area contributed by atoms with Crippen LogP contribution in [0.15, 0.2) is 485 Å². The molecule has 0 unspecified atom stereocenters. The molecule has 0 radical (unpaired) electrons. The van der Waals surface area contributed by atoms with Gasteiger partial charge in [0.05, 0.1) is 55.9 Å². The van der Waals surface area contributed by atoms with Crippen LogP contribution in [-0.2, 0) is 0 Å². The summed E-state index contributed by atoms with van der Waals surface area (Å²) in [5, 5.41) is 7.59. The van der Waals surface area contributed by atoms with Crippen molar-refractivity contribution in [3.05, 3.63) is 485 Å². The lowest BCUT2D eigenvalue weighted by Gasteiger charge is -2.11. The minimum atomic E-state index is 0.649. The summed E-state index contributed by atoms with van der Waals surface area (Å²) < 4.78 is 7.03. The molecule has 10 heteroatoms. The summed E-state index contributed by atoms with van der Waals surface area (Å²) in [7, 11) is 0. The molecule has 0 saturated carbocycles. The highest BCUT2D eigenvalue weighted by Crippen LogP contribution is 2.40. The first-order chi connectivity index (χ1) is 63.9. The van der Waals surface area contributed by atoms with Crippen LogP contribution in [0.2, 0.25) is 0 Å². The number of para-hydroxylation sites is 6. The maximum Gasteiger partial charge on any atom is 0.164 e. The van der Waals surface area contributed by atoms with E-state index in [2.05, 4.69) is 366 Å². The number of rotatable bonds is 15. The summed E-state index contributed by atoms with van der Waals surface area (Å²) in [6, 6.07) is 169. The molecule has 18 aromatic carbocycles. The standard InChI is InChI=1S/2C40H27N3.C39H26N4/c1-3-12-29(13-4-1)36-27-37(42-40(41-36)30-14-5-2-6-15-30)32-17-11-16-31(26-32)28-22-24-33(25-23-28)43-38-20-9-7-18-34(38)35-19-8-10-21-39(35)43;1-3-12-29(13-4-1)36-27-37(30-14-5-2-6-15-30)42-40(41-36)32-17-11-16-31(26-32)28-22-24-33(25-23-28)43-38-20-9-7-18-34(38)35-19-8-10-21-39(35)43;1-3-12-28(13-4-1)37-40-38(29-14-5-2-6-15-29)42-39(41-37)31-17-11-16-30(26-31)27-22-24-32(25-23-27)43-35-20-9-7-18-33(35)34-19-8-10-21-36(34)43/h2*1-27H;1-26H. The van der Waals surface area contributed by atoms with Crippen molar-refractivity contribution in [3.63, 3.8) is 0 Å². The number of hydrogen-bond donors (Lipinski definition) is 0. The molecular formula is C119H80N10. The summed E-state index contributed by atoms with van der Waals surface area (Å²) in [6.07, 6.45) is 0. The third kappa shape index (κ3) is 15.6. The number of nitrogens with zero attached hydrogens (tertiary/aromatic N) is 10. The van der Waals surface area contributed by atoms with Gasteiger partial charge in [0.2, 0.25) is 0 Å². The molecule has 10 nitrogen and oxygen atoms in total. The first-order valence-corrected chi connectivity index (χ1v) is 43.4. The second kappa shape index (κ2) is 34.7. The molecule has 0 aliphatic heterocycles. The molecule has 24 rings (SSSR count). The fourth-order valence-electron chi connectivity index (χ4n) is 17.6. The number of aromatic nitrogens is 10. The normalized spacial score (nSPS) is 11.3.